The lowest BCUT2D eigenvalue weighted by molar-refractivity contribution is -0.152. The zero-order valence-corrected chi connectivity index (χ0v) is 23.9. The molecule has 0 aromatic heterocycles. The van der Waals surface area contributed by atoms with Gasteiger partial charge in [-0.05, 0) is 49.3 Å². The first-order valence-electron chi connectivity index (χ1n) is 13.6. The van der Waals surface area contributed by atoms with Crippen LogP contribution in [0.2, 0.25) is 0 Å². The van der Waals surface area contributed by atoms with Crippen molar-refractivity contribution in [1.82, 2.24) is 5.32 Å². The number of ether oxygens (including phenoxy) is 3. The summed E-state index contributed by atoms with van der Waals surface area (Å²) >= 11 is 0. The molecule has 4 unspecified atom stereocenters. The van der Waals surface area contributed by atoms with Crippen LogP contribution in [-0.2, 0) is 30.3 Å². The summed E-state index contributed by atoms with van der Waals surface area (Å²) in [6.07, 6.45) is 2.27. The fourth-order valence-electron chi connectivity index (χ4n) is 3.34. The third-order valence-electron chi connectivity index (χ3n) is 6.60. The van der Waals surface area contributed by atoms with E-state index < -0.39 is 30.1 Å². The van der Waals surface area contributed by atoms with Crippen molar-refractivity contribution in [2.75, 3.05) is 6.54 Å². The van der Waals surface area contributed by atoms with E-state index in [9.17, 15) is 24.3 Å². The second-order valence-electron chi connectivity index (χ2n) is 10.2. The first-order valence-corrected chi connectivity index (χ1v) is 13.6. The number of benzene rings is 1. The molecule has 0 saturated carbocycles. The third-order valence-corrected chi connectivity index (χ3v) is 6.60. The number of carboxylic acid groups (broad SMARTS) is 1. The van der Waals surface area contributed by atoms with E-state index >= 15 is 0 Å². The van der Waals surface area contributed by atoms with E-state index in [1.54, 1.807) is 19.9 Å². The molecule has 9 nitrogen and oxygen atoms in total. The first-order chi connectivity index (χ1) is 17.9. The number of rotatable bonds is 17. The second-order valence-corrected chi connectivity index (χ2v) is 10.2. The van der Waals surface area contributed by atoms with Crippen LogP contribution in [-0.4, -0.2) is 47.7 Å². The largest absolute Gasteiger partial charge is 0.480 e. The van der Waals surface area contributed by atoms with Gasteiger partial charge in [0, 0.05) is 19.4 Å². The van der Waals surface area contributed by atoms with Gasteiger partial charge in [-0.3, -0.25) is 19.2 Å². The quantitative estimate of drug-likeness (QED) is 0.211. The van der Waals surface area contributed by atoms with Gasteiger partial charge in [-0.2, -0.15) is 0 Å². The summed E-state index contributed by atoms with van der Waals surface area (Å²) in [6.45, 7) is 13.4. The molecule has 0 saturated heterocycles. The highest BCUT2D eigenvalue weighted by Crippen LogP contribution is 2.31. The van der Waals surface area contributed by atoms with Gasteiger partial charge >= 0.3 is 23.9 Å². The van der Waals surface area contributed by atoms with Crippen molar-refractivity contribution in [3.8, 4) is 11.5 Å². The van der Waals surface area contributed by atoms with Crippen molar-refractivity contribution in [2.45, 2.75) is 99.1 Å². The summed E-state index contributed by atoms with van der Waals surface area (Å²) in [6, 6.07) is 3.71. The van der Waals surface area contributed by atoms with E-state index in [0.717, 1.165) is 12.8 Å². The molecule has 1 rings (SSSR count). The molecule has 0 fully saturated rings. The average molecular weight is 536 g/mol. The fraction of sp³-hybridized carbons (Fsp3) is 0.655. The molecule has 5 atom stereocenters. The van der Waals surface area contributed by atoms with Crippen LogP contribution in [0.3, 0.4) is 0 Å². The Hall–Kier alpha value is -2.94. The van der Waals surface area contributed by atoms with E-state index in [0.29, 0.717) is 12.0 Å². The van der Waals surface area contributed by atoms with Gasteiger partial charge in [-0.15, -0.1) is 0 Å². The van der Waals surface area contributed by atoms with Gasteiger partial charge in [0.25, 0.3) is 0 Å². The predicted molar refractivity (Wildman–Crippen MR) is 144 cm³/mol. The van der Waals surface area contributed by atoms with E-state index in [2.05, 4.69) is 5.32 Å². The van der Waals surface area contributed by atoms with Crippen molar-refractivity contribution in [3.63, 3.8) is 0 Å². The van der Waals surface area contributed by atoms with E-state index in [4.69, 9.17) is 14.2 Å². The van der Waals surface area contributed by atoms with Gasteiger partial charge in [0.1, 0.15) is 12.1 Å². The van der Waals surface area contributed by atoms with Crippen LogP contribution in [0, 0.1) is 17.8 Å². The van der Waals surface area contributed by atoms with Crippen LogP contribution in [0.15, 0.2) is 18.2 Å². The van der Waals surface area contributed by atoms with Crippen molar-refractivity contribution >= 4 is 23.9 Å². The maximum Gasteiger partial charge on any atom is 0.321 e. The molecule has 1 aromatic rings. The maximum atomic E-state index is 12.5. The molecular formula is C29H45NO8. The molecule has 0 aliphatic heterocycles. The average Bonchev–Trinajstić information content (AvgIpc) is 2.86. The Labute approximate surface area is 226 Å². The lowest BCUT2D eigenvalue weighted by Gasteiger charge is -2.20. The SMILES string of the molecule is CCC(C)CC(=O)Oc1ccc(C[C@H](NCC(C)OC(=O)C(C)CC)C(=O)O)cc1OC(=O)CC(C)CC. The monoisotopic (exact) mass is 535 g/mol. The van der Waals surface area contributed by atoms with E-state index in [1.807, 2.05) is 34.6 Å². The minimum absolute atomic E-state index is 0.0678. The number of carboxylic acids is 1. The Balaban J connectivity index is 3.03. The van der Waals surface area contributed by atoms with Crippen LogP contribution in [0.5, 0.6) is 11.5 Å². The zero-order chi connectivity index (χ0) is 28.8. The molecule has 2 N–H and O–H groups in total. The molecule has 38 heavy (non-hydrogen) atoms. The van der Waals surface area contributed by atoms with Gasteiger partial charge in [0.2, 0.25) is 0 Å². The smallest absolute Gasteiger partial charge is 0.321 e. The topological polar surface area (TPSA) is 128 Å². The van der Waals surface area contributed by atoms with Gasteiger partial charge < -0.3 is 24.6 Å². The minimum Gasteiger partial charge on any atom is -0.480 e. The number of carbonyl (C=O) groups is 4. The van der Waals surface area contributed by atoms with Crippen LogP contribution in [0.4, 0.5) is 0 Å². The van der Waals surface area contributed by atoms with Gasteiger partial charge in [-0.1, -0.05) is 60.5 Å². The number of esters is 3. The Morgan fingerprint density at radius 3 is 1.89 bits per heavy atom. The molecule has 0 heterocycles. The molecule has 1 aromatic carbocycles. The standard InChI is InChI=1S/C29H45NO8/c1-8-18(4)13-26(31)37-24-12-11-22(16-25(24)38-27(32)14-19(5)9-2)15-23(28(33)34)30-17-21(7)36-29(35)20(6)10-3/h11-12,16,18-21,23,30H,8-10,13-15,17H2,1-7H3,(H,33,34)/t18?,19?,20?,21?,23-/m0/s1. The molecule has 0 amide bonds. The van der Waals surface area contributed by atoms with Crippen LogP contribution in [0.1, 0.15) is 86.1 Å². The number of nitrogens with one attached hydrogen (secondary N) is 1. The summed E-state index contributed by atoms with van der Waals surface area (Å²) < 4.78 is 16.4. The zero-order valence-electron chi connectivity index (χ0n) is 23.9. The van der Waals surface area contributed by atoms with Crippen LogP contribution >= 0.6 is 0 Å². The van der Waals surface area contributed by atoms with Gasteiger partial charge in [0.05, 0.1) is 5.92 Å². The molecular weight excluding hydrogens is 490 g/mol. The first kappa shape index (κ1) is 33.1. The van der Waals surface area contributed by atoms with Crippen molar-refractivity contribution in [2.24, 2.45) is 17.8 Å². The summed E-state index contributed by atoms with van der Waals surface area (Å²) in [5.41, 5.74) is 0.571. The summed E-state index contributed by atoms with van der Waals surface area (Å²) in [7, 11) is 0. The number of hydrogen-bond donors (Lipinski definition) is 2. The highest BCUT2D eigenvalue weighted by atomic mass is 16.6. The Morgan fingerprint density at radius 1 is 0.842 bits per heavy atom. The second kappa shape index (κ2) is 16.8. The minimum atomic E-state index is -1.08. The highest BCUT2D eigenvalue weighted by Gasteiger charge is 2.23. The highest BCUT2D eigenvalue weighted by molar-refractivity contribution is 5.77. The van der Waals surface area contributed by atoms with Crippen molar-refractivity contribution in [1.29, 1.82) is 0 Å². The van der Waals surface area contributed by atoms with Crippen molar-refractivity contribution < 1.29 is 38.5 Å². The normalized spacial score (nSPS) is 15.0. The molecule has 0 spiro atoms. The van der Waals surface area contributed by atoms with Crippen LogP contribution in [0.25, 0.3) is 0 Å². The lowest BCUT2D eigenvalue weighted by Crippen LogP contribution is -2.43. The molecule has 214 valence electrons. The van der Waals surface area contributed by atoms with Crippen LogP contribution < -0.4 is 14.8 Å². The molecule has 9 heteroatoms. The number of aliphatic carboxylic acids is 1. The van der Waals surface area contributed by atoms with Gasteiger partial charge in [0.15, 0.2) is 11.5 Å². The molecule has 0 aliphatic carbocycles. The third kappa shape index (κ3) is 12.1. The number of carbonyl (C=O) groups excluding carboxylic acids is 3. The Kier molecular flexibility index (Phi) is 14.6. The lowest BCUT2D eigenvalue weighted by atomic mass is 10.0. The predicted octanol–water partition coefficient (Wildman–Crippen LogP) is 4.93. The maximum absolute atomic E-state index is 12.5. The summed E-state index contributed by atoms with van der Waals surface area (Å²) in [5.74, 6) is -2.06. The number of hydrogen-bond acceptors (Lipinski definition) is 8. The van der Waals surface area contributed by atoms with Crippen molar-refractivity contribution in [3.05, 3.63) is 23.8 Å². The fourth-order valence-corrected chi connectivity index (χ4v) is 3.34. The molecule has 0 bridgehead atoms. The summed E-state index contributed by atoms with van der Waals surface area (Å²) in [5, 5.41) is 12.7. The summed E-state index contributed by atoms with van der Waals surface area (Å²) in [4.78, 5) is 48.8. The van der Waals surface area contributed by atoms with E-state index in [-0.39, 0.29) is 61.0 Å². The Bertz CT molecular complexity index is 931. The molecule has 0 aliphatic rings. The van der Waals surface area contributed by atoms with Gasteiger partial charge in [-0.25, -0.2) is 0 Å². The Morgan fingerprint density at radius 2 is 1.39 bits per heavy atom. The molecule has 0 radical (unpaired) electrons. The van der Waals surface area contributed by atoms with E-state index in [1.165, 1.54) is 12.1 Å².